The second kappa shape index (κ2) is 6.33. The molecule has 24 heavy (non-hydrogen) atoms. The van der Waals surface area contributed by atoms with Gasteiger partial charge in [-0.1, -0.05) is 12.1 Å². The van der Waals surface area contributed by atoms with Gasteiger partial charge in [0.2, 0.25) is 0 Å². The number of amides is 1. The van der Waals surface area contributed by atoms with Gasteiger partial charge in [-0.25, -0.2) is 0 Å². The number of aromatic nitrogens is 3. The van der Waals surface area contributed by atoms with Crippen LogP contribution in [0.15, 0.2) is 55.1 Å². The Labute approximate surface area is 139 Å². The van der Waals surface area contributed by atoms with Gasteiger partial charge < -0.3 is 9.64 Å². The number of benzene rings is 1. The number of pyridine rings is 1. The van der Waals surface area contributed by atoms with Crippen molar-refractivity contribution in [3.8, 4) is 0 Å². The molecule has 0 aliphatic carbocycles. The molecule has 1 aromatic carbocycles. The van der Waals surface area contributed by atoms with Crippen LogP contribution in [0.4, 0.5) is 0 Å². The lowest BCUT2D eigenvalue weighted by Gasteiger charge is -2.32. The highest BCUT2D eigenvalue weighted by molar-refractivity contribution is 6.06. The minimum atomic E-state index is -0.246. The van der Waals surface area contributed by atoms with Gasteiger partial charge in [0.05, 0.1) is 30.6 Å². The molecule has 4 rings (SSSR count). The minimum absolute atomic E-state index is 0.00853. The fourth-order valence-corrected chi connectivity index (χ4v) is 2.95. The molecule has 1 amide bonds. The molecule has 0 radical (unpaired) electrons. The minimum Gasteiger partial charge on any atom is -0.368 e. The Morgan fingerprint density at radius 1 is 1.12 bits per heavy atom. The van der Waals surface area contributed by atoms with Gasteiger partial charge in [0.15, 0.2) is 0 Å². The first kappa shape index (κ1) is 14.7. The fraction of sp³-hybridized carbons (Fsp3) is 0.222. The van der Waals surface area contributed by atoms with E-state index in [1.54, 1.807) is 24.8 Å². The van der Waals surface area contributed by atoms with Crippen molar-refractivity contribution in [3.05, 3.63) is 66.4 Å². The van der Waals surface area contributed by atoms with E-state index in [2.05, 4.69) is 15.0 Å². The van der Waals surface area contributed by atoms with Crippen molar-refractivity contribution in [2.45, 2.75) is 6.10 Å². The molecule has 120 valence electrons. The third-order valence-electron chi connectivity index (χ3n) is 4.14. The summed E-state index contributed by atoms with van der Waals surface area (Å²) in [5, 5.41) is 0.868. The lowest BCUT2D eigenvalue weighted by molar-refractivity contribution is -0.0248. The van der Waals surface area contributed by atoms with Crippen molar-refractivity contribution < 1.29 is 9.53 Å². The summed E-state index contributed by atoms with van der Waals surface area (Å²) in [5.41, 5.74) is 2.23. The normalized spacial score (nSPS) is 17.8. The van der Waals surface area contributed by atoms with Crippen LogP contribution in [0.5, 0.6) is 0 Å². The Morgan fingerprint density at radius 3 is 2.96 bits per heavy atom. The zero-order valence-corrected chi connectivity index (χ0v) is 13.0. The van der Waals surface area contributed by atoms with E-state index >= 15 is 0 Å². The Kier molecular flexibility index (Phi) is 3.88. The molecule has 1 fully saturated rings. The summed E-state index contributed by atoms with van der Waals surface area (Å²) in [4.78, 5) is 27.5. The van der Waals surface area contributed by atoms with Crippen LogP contribution in [-0.4, -0.2) is 45.5 Å². The van der Waals surface area contributed by atoms with E-state index in [-0.39, 0.29) is 12.0 Å². The van der Waals surface area contributed by atoms with Gasteiger partial charge in [0.1, 0.15) is 6.10 Å². The molecule has 1 aliphatic rings. The predicted molar refractivity (Wildman–Crippen MR) is 88.4 cm³/mol. The highest BCUT2D eigenvalue weighted by Crippen LogP contribution is 2.23. The van der Waals surface area contributed by atoms with Crippen molar-refractivity contribution in [1.82, 2.24) is 19.9 Å². The average Bonchev–Trinajstić information content (AvgIpc) is 2.68. The quantitative estimate of drug-likeness (QED) is 0.724. The molecular weight excluding hydrogens is 304 g/mol. The molecule has 6 nitrogen and oxygen atoms in total. The summed E-state index contributed by atoms with van der Waals surface area (Å²) in [6, 6.07) is 9.40. The van der Waals surface area contributed by atoms with Crippen LogP contribution in [0, 0.1) is 0 Å². The molecule has 3 heterocycles. The van der Waals surface area contributed by atoms with Crippen LogP contribution in [-0.2, 0) is 4.74 Å². The summed E-state index contributed by atoms with van der Waals surface area (Å²) in [6.45, 7) is 1.51. The van der Waals surface area contributed by atoms with Crippen LogP contribution in [0.1, 0.15) is 22.2 Å². The number of morpholine rings is 1. The Bertz CT molecular complexity index is 864. The molecule has 1 aliphatic heterocycles. The summed E-state index contributed by atoms with van der Waals surface area (Å²) in [6.07, 6.45) is 6.42. The molecular formula is C18H16N4O2. The topological polar surface area (TPSA) is 68.2 Å². The van der Waals surface area contributed by atoms with E-state index in [4.69, 9.17) is 4.74 Å². The SMILES string of the molecule is O=C(c1cccc2ncccc12)N1CCO[C@H](c2cnccn2)C1. The second-order valence-electron chi connectivity index (χ2n) is 5.62. The number of nitrogens with zero attached hydrogens (tertiary/aromatic N) is 4. The maximum Gasteiger partial charge on any atom is 0.254 e. The van der Waals surface area contributed by atoms with Gasteiger partial charge in [-0.2, -0.15) is 0 Å². The maximum absolute atomic E-state index is 13.0. The first-order valence-corrected chi connectivity index (χ1v) is 7.83. The second-order valence-corrected chi connectivity index (χ2v) is 5.62. The average molecular weight is 320 g/mol. The number of rotatable bonds is 2. The third-order valence-corrected chi connectivity index (χ3v) is 4.14. The lowest BCUT2D eigenvalue weighted by Crippen LogP contribution is -2.42. The highest BCUT2D eigenvalue weighted by atomic mass is 16.5. The first-order chi connectivity index (χ1) is 11.8. The Morgan fingerprint density at radius 2 is 2.08 bits per heavy atom. The largest absolute Gasteiger partial charge is 0.368 e. The van der Waals surface area contributed by atoms with Crippen LogP contribution < -0.4 is 0 Å². The zero-order chi connectivity index (χ0) is 16.4. The first-order valence-electron chi connectivity index (χ1n) is 7.83. The molecule has 2 aromatic heterocycles. The van der Waals surface area contributed by atoms with Crippen molar-refractivity contribution in [1.29, 1.82) is 0 Å². The van der Waals surface area contributed by atoms with Crippen molar-refractivity contribution in [3.63, 3.8) is 0 Å². The Hall–Kier alpha value is -2.86. The van der Waals surface area contributed by atoms with Gasteiger partial charge in [-0.3, -0.25) is 19.7 Å². The van der Waals surface area contributed by atoms with Gasteiger partial charge in [0.25, 0.3) is 5.91 Å². The number of carbonyl (C=O) groups is 1. The monoisotopic (exact) mass is 320 g/mol. The molecule has 0 spiro atoms. The van der Waals surface area contributed by atoms with Crippen LogP contribution >= 0.6 is 0 Å². The summed E-state index contributed by atoms with van der Waals surface area (Å²) in [5.74, 6) is -0.00853. The van der Waals surface area contributed by atoms with E-state index in [0.717, 1.165) is 16.6 Å². The zero-order valence-electron chi connectivity index (χ0n) is 13.0. The fourth-order valence-electron chi connectivity index (χ4n) is 2.95. The van der Waals surface area contributed by atoms with Crippen molar-refractivity contribution in [2.24, 2.45) is 0 Å². The van der Waals surface area contributed by atoms with Gasteiger partial charge in [-0.05, 0) is 18.2 Å². The van der Waals surface area contributed by atoms with E-state index in [1.807, 2.05) is 35.2 Å². The number of fused-ring (bicyclic) bond motifs is 1. The molecule has 0 N–H and O–H groups in total. The molecule has 0 bridgehead atoms. The van der Waals surface area contributed by atoms with E-state index in [1.165, 1.54) is 0 Å². The number of carbonyl (C=O) groups excluding carboxylic acids is 1. The molecule has 1 saturated heterocycles. The smallest absolute Gasteiger partial charge is 0.254 e. The molecule has 0 saturated carbocycles. The van der Waals surface area contributed by atoms with E-state index < -0.39 is 0 Å². The molecule has 6 heteroatoms. The summed E-state index contributed by atoms with van der Waals surface area (Å²) >= 11 is 0. The van der Waals surface area contributed by atoms with Gasteiger partial charge in [-0.15, -0.1) is 0 Å². The third kappa shape index (κ3) is 2.72. The molecule has 0 unspecified atom stereocenters. The van der Waals surface area contributed by atoms with E-state index in [9.17, 15) is 4.79 Å². The number of hydrogen-bond acceptors (Lipinski definition) is 5. The molecule has 1 atom stereocenters. The predicted octanol–water partition coefficient (Wildman–Crippen LogP) is 2.24. The standard InChI is InChI=1S/C18H16N4O2/c23-18(14-3-1-5-15-13(14)4-2-6-20-15)22-9-10-24-17(12-22)16-11-19-7-8-21-16/h1-8,11,17H,9-10,12H2/t17-/m0/s1. The lowest BCUT2D eigenvalue weighted by atomic mass is 10.1. The highest BCUT2D eigenvalue weighted by Gasteiger charge is 2.27. The van der Waals surface area contributed by atoms with Crippen molar-refractivity contribution in [2.75, 3.05) is 19.7 Å². The number of ether oxygens (including phenoxy) is 1. The summed E-state index contributed by atoms with van der Waals surface area (Å²) in [7, 11) is 0. The maximum atomic E-state index is 13.0. The summed E-state index contributed by atoms with van der Waals surface area (Å²) < 4.78 is 5.76. The van der Waals surface area contributed by atoms with Crippen LogP contribution in [0.3, 0.4) is 0 Å². The van der Waals surface area contributed by atoms with Gasteiger partial charge >= 0.3 is 0 Å². The van der Waals surface area contributed by atoms with Crippen LogP contribution in [0.2, 0.25) is 0 Å². The molecule has 3 aromatic rings. The Balaban J connectivity index is 1.62. The van der Waals surface area contributed by atoms with Crippen molar-refractivity contribution >= 4 is 16.8 Å². The van der Waals surface area contributed by atoms with Crippen LogP contribution in [0.25, 0.3) is 10.9 Å². The number of hydrogen-bond donors (Lipinski definition) is 0. The van der Waals surface area contributed by atoms with E-state index in [0.29, 0.717) is 25.3 Å². The van der Waals surface area contributed by atoms with Gasteiger partial charge in [0, 0.05) is 36.1 Å².